The van der Waals surface area contributed by atoms with Gasteiger partial charge in [-0.2, -0.15) is 0 Å². The van der Waals surface area contributed by atoms with Gasteiger partial charge in [-0.3, -0.25) is 4.79 Å². The van der Waals surface area contributed by atoms with E-state index in [0.717, 1.165) is 18.4 Å². The summed E-state index contributed by atoms with van der Waals surface area (Å²) in [5.74, 6) is 1.61. The largest absolute Gasteiger partial charge is 0.504 e. The van der Waals surface area contributed by atoms with E-state index in [1.54, 1.807) is 0 Å². The Balaban J connectivity index is 1.59. The zero-order chi connectivity index (χ0) is 13.4. The molecule has 4 heteroatoms. The molecule has 3 rings (SSSR count). The van der Waals surface area contributed by atoms with Gasteiger partial charge in [0, 0.05) is 12.1 Å². The van der Waals surface area contributed by atoms with E-state index in [1.165, 1.54) is 43.9 Å². The summed E-state index contributed by atoms with van der Waals surface area (Å²) in [4.78, 5) is 12.0. The van der Waals surface area contributed by atoms with Gasteiger partial charge in [0.1, 0.15) is 0 Å². The van der Waals surface area contributed by atoms with Crippen molar-refractivity contribution in [1.29, 1.82) is 0 Å². The summed E-state index contributed by atoms with van der Waals surface area (Å²) in [6, 6.07) is 4.16. The predicted octanol–water partition coefficient (Wildman–Crippen LogP) is 2.26. The molecule has 1 amide bonds. The third-order valence-electron chi connectivity index (χ3n) is 4.19. The number of nitrogens with one attached hydrogen (secondary N) is 1. The molecule has 1 aromatic carbocycles. The lowest BCUT2D eigenvalue weighted by Gasteiger charge is -2.16. The standard InChI is InChI=1S/C15H19NO3/c17-13-6-5-11(7-14(13)18)15(19)16-8-12(9-1-2-9)10-3-4-10/h5-7,9-10,12,17-18H,1-4,8H2,(H,16,19). The molecule has 2 saturated carbocycles. The Hall–Kier alpha value is -1.71. The fourth-order valence-corrected chi connectivity index (χ4v) is 2.74. The van der Waals surface area contributed by atoms with Gasteiger partial charge in [-0.1, -0.05) is 0 Å². The lowest BCUT2D eigenvalue weighted by atomic mass is 9.98. The van der Waals surface area contributed by atoms with Crippen molar-refractivity contribution in [2.75, 3.05) is 6.54 Å². The van der Waals surface area contributed by atoms with Crippen molar-refractivity contribution in [2.45, 2.75) is 25.7 Å². The zero-order valence-electron chi connectivity index (χ0n) is 10.8. The van der Waals surface area contributed by atoms with Crippen LogP contribution in [-0.2, 0) is 0 Å². The number of hydrogen-bond acceptors (Lipinski definition) is 3. The molecule has 0 atom stereocenters. The van der Waals surface area contributed by atoms with E-state index in [1.807, 2.05) is 0 Å². The Morgan fingerprint density at radius 3 is 2.32 bits per heavy atom. The molecule has 2 aliphatic rings. The molecule has 0 saturated heterocycles. The molecule has 0 radical (unpaired) electrons. The summed E-state index contributed by atoms with van der Waals surface area (Å²) in [5, 5.41) is 21.6. The van der Waals surface area contributed by atoms with E-state index in [4.69, 9.17) is 0 Å². The Bertz CT molecular complexity index is 480. The Kier molecular flexibility index (Phi) is 3.09. The average Bonchev–Trinajstić information content (AvgIpc) is 3.26. The quantitative estimate of drug-likeness (QED) is 0.712. The molecular weight excluding hydrogens is 242 g/mol. The SMILES string of the molecule is O=C(NCC(C1CC1)C1CC1)c1ccc(O)c(O)c1. The molecule has 2 aliphatic carbocycles. The average molecular weight is 261 g/mol. The zero-order valence-corrected chi connectivity index (χ0v) is 10.8. The normalized spacial score (nSPS) is 18.6. The van der Waals surface area contributed by atoms with Crippen LogP contribution in [-0.4, -0.2) is 22.7 Å². The van der Waals surface area contributed by atoms with Gasteiger partial charge in [0.15, 0.2) is 11.5 Å². The van der Waals surface area contributed by atoms with Crippen LogP contribution < -0.4 is 5.32 Å². The highest BCUT2D eigenvalue weighted by atomic mass is 16.3. The maximum absolute atomic E-state index is 12.0. The first-order chi connectivity index (χ1) is 9.15. The van der Waals surface area contributed by atoms with Gasteiger partial charge in [0.2, 0.25) is 0 Å². The molecule has 1 aromatic rings. The highest BCUT2D eigenvalue weighted by Crippen LogP contribution is 2.48. The first-order valence-electron chi connectivity index (χ1n) is 6.95. The number of phenols is 2. The van der Waals surface area contributed by atoms with Gasteiger partial charge in [-0.15, -0.1) is 0 Å². The van der Waals surface area contributed by atoms with Gasteiger partial charge in [0.05, 0.1) is 0 Å². The van der Waals surface area contributed by atoms with Crippen molar-refractivity contribution in [3.63, 3.8) is 0 Å². The van der Waals surface area contributed by atoms with Gasteiger partial charge < -0.3 is 15.5 Å². The van der Waals surface area contributed by atoms with Gasteiger partial charge >= 0.3 is 0 Å². The summed E-state index contributed by atoms with van der Waals surface area (Å²) in [7, 11) is 0. The third-order valence-corrected chi connectivity index (χ3v) is 4.19. The Morgan fingerprint density at radius 1 is 1.16 bits per heavy atom. The van der Waals surface area contributed by atoms with E-state index < -0.39 is 0 Å². The molecular formula is C15H19NO3. The highest BCUT2D eigenvalue weighted by molar-refractivity contribution is 5.94. The smallest absolute Gasteiger partial charge is 0.251 e. The molecule has 19 heavy (non-hydrogen) atoms. The monoisotopic (exact) mass is 261 g/mol. The second-order valence-electron chi connectivity index (χ2n) is 5.75. The number of aromatic hydroxyl groups is 2. The molecule has 0 spiro atoms. The topological polar surface area (TPSA) is 69.6 Å². The van der Waals surface area contributed by atoms with Crippen LogP contribution in [0.5, 0.6) is 11.5 Å². The number of hydrogen-bond donors (Lipinski definition) is 3. The van der Waals surface area contributed by atoms with Crippen molar-refractivity contribution in [3.8, 4) is 11.5 Å². The maximum Gasteiger partial charge on any atom is 0.251 e. The van der Waals surface area contributed by atoms with Crippen LogP contribution in [0.2, 0.25) is 0 Å². The number of phenolic OH excluding ortho intramolecular Hbond substituents is 2. The van der Waals surface area contributed by atoms with E-state index >= 15 is 0 Å². The molecule has 102 valence electrons. The fraction of sp³-hybridized carbons (Fsp3) is 0.533. The second kappa shape index (κ2) is 4.76. The van der Waals surface area contributed by atoms with Crippen LogP contribution in [0.3, 0.4) is 0 Å². The number of carbonyl (C=O) groups is 1. The number of carbonyl (C=O) groups excluding carboxylic acids is 1. The van der Waals surface area contributed by atoms with E-state index in [9.17, 15) is 15.0 Å². The van der Waals surface area contributed by atoms with Crippen molar-refractivity contribution < 1.29 is 15.0 Å². The molecule has 0 aromatic heterocycles. The van der Waals surface area contributed by atoms with Crippen LogP contribution in [0.4, 0.5) is 0 Å². The summed E-state index contributed by atoms with van der Waals surface area (Å²) >= 11 is 0. The van der Waals surface area contributed by atoms with E-state index in [0.29, 0.717) is 11.5 Å². The predicted molar refractivity (Wildman–Crippen MR) is 71.0 cm³/mol. The minimum atomic E-state index is -0.256. The second-order valence-corrected chi connectivity index (χ2v) is 5.75. The molecule has 4 nitrogen and oxygen atoms in total. The molecule has 0 aliphatic heterocycles. The van der Waals surface area contributed by atoms with Crippen LogP contribution >= 0.6 is 0 Å². The first kappa shape index (κ1) is 12.3. The summed E-state index contributed by atoms with van der Waals surface area (Å²) in [6.07, 6.45) is 5.21. The van der Waals surface area contributed by atoms with E-state index in [-0.39, 0.29) is 17.4 Å². The first-order valence-corrected chi connectivity index (χ1v) is 6.95. The van der Waals surface area contributed by atoms with Crippen LogP contribution in [0.25, 0.3) is 0 Å². The fourth-order valence-electron chi connectivity index (χ4n) is 2.74. The molecule has 2 fully saturated rings. The summed E-state index contributed by atoms with van der Waals surface area (Å²) in [5.41, 5.74) is 0.389. The lowest BCUT2D eigenvalue weighted by Crippen LogP contribution is -2.31. The van der Waals surface area contributed by atoms with Gasteiger partial charge in [-0.25, -0.2) is 0 Å². The van der Waals surface area contributed by atoms with Gasteiger partial charge in [-0.05, 0) is 61.6 Å². The van der Waals surface area contributed by atoms with Crippen molar-refractivity contribution in [1.82, 2.24) is 5.32 Å². The summed E-state index contributed by atoms with van der Waals surface area (Å²) < 4.78 is 0. The minimum absolute atomic E-state index is 0.179. The molecule has 3 N–H and O–H groups in total. The van der Waals surface area contributed by atoms with Crippen molar-refractivity contribution in [2.24, 2.45) is 17.8 Å². The van der Waals surface area contributed by atoms with Crippen molar-refractivity contribution in [3.05, 3.63) is 23.8 Å². The van der Waals surface area contributed by atoms with Gasteiger partial charge in [0.25, 0.3) is 5.91 Å². The highest BCUT2D eigenvalue weighted by Gasteiger charge is 2.41. The van der Waals surface area contributed by atoms with Crippen LogP contribution in [0, 0.1) is 17.8 Å². The lowest BCUT2D eigenvalue weighted by molar-refractivity contribution is 0.0943. The number of benzene rings is 1. The molecule has 0 unspecified atom stereocenters. The maximum atomic E-state index is 12.0. The Morgan fingerprint density at radius 2 is 1.79 bits per heavy atom. The minimum Gasteiger partial charge on any atom is -0.504 e. The number of rotatable bonds is 5. The Labute approximate surface area is 112 Å². The van der Waals surface area contributed by atoms with E-state index in [2.05, 4.69) is 5.32 Å². The summed E-state index contributed by atoms with van der Waals surface area (Å²) in [6.45, 7) is 0.732. The van der Waals surface area contributed by atoms with Crippen LogP contribution in [0.15, 0.2) is 18.2 Å². The third kappa shape index (κ3) is 2.83. The molecule has 0 heterocycles. The number of amides is 1. The van der Waals surface area contributed by atoms with Crippen molar-refractivity contribution >= 4 is 5.91 Å². The molecule has 0 bridgehead atoms. The van der Waals surface area contributed by atoms with Crippen LogP contribution in [0.1, 0.15) is 36.0 Å².